The molecule has 0 fully saturated rings. The van der Waals surface area contributed by atoms with E-state index in [9.17, 15) is 4.79 Å². The average molecular weight is 374 g/mol. The van der Waals surface area contributed by atoms with Crippen LogP contribution < -0.4 is 5.32 Å². The molecule has 6 nitrogen and oxygen atoms in total. The number of anilines is 1. The van der Waals surface area contributed by atoms with Crippen molar-refractivity contribution in [2.24, 2.45) is 0 Å². The van der Waals surface area contributed by atoms with Gasteiger partial charge in [-0.3, -0.25) is 4.79 Å². The van der Waals surface area contributed by atoms with E-state index in [1.54, 1.807) is 30.6 Å². The van der Waals surface area contributed by atoms with Gasteiger partial charge in [0.05, 0.1) is 0 Å². The highest BCUT2D eigenvalue weighted by Gasteiger charge is 2.14. The third kappa shape index (κ3) is 4.21. The zero-order chi connectivity index (χ0) is 18.5. The largest absolute Gasteiger partial charge is 0.350 e. The monoisotopic (exact) mass is 374 g/mol. The van der Waals surface area contributed by atoms with E-state index in [2.05, 4.69) is 20.4 Å². The van der Waals surface area contributed by atoms with E-state index < -0.39 is 0 Å². The number of hydrogen-bond donors (Lipinski definition) is 1. The van der Waals surface area contributed by atoms with E-state index in [1.165, 1.54) is 11.8 Å². The zero-order valence-electron chi connectivity index (χ0n) is 14.1. The molecule has 0 radical (unpaired) electrons. The topological polar surface area (TPSA) is 80.9 Å². The second-order valence-electron chi connectivity index (χ2n) is 5.55. The van der Waals surface area contributed by atoms with Crippen molar-refractivity contribution in [1.82, 2.24) is 15.1 Å². The Labute approximate surface area is 159 Å². The molecule has 4 aromatic rings. The first-order chi connectivity index (χ1) is 13.3. The summed E-state index contributed by atoms with van der Waals surface area (Å²) in [7, 11) is 0. The first-order valence-electron chi connectivity index (χ1n) is 8.16. The summed E-state index contributed by atoms with van der Waals surface area (Å²) in [4.78, 5) is 21.0. The summed E-state index contributed by atoms with van der Waals surface area (Å²) >= 11 is 1.42. The van der Waals surface area contributed by atoms with Crippen LogP contribution in [0.3, 0.4) is 0 Å². The summed E-state index contributed by atoms with van der Waals surface area (Å²) in [6, 6.07) is 20.3. The van der Waals surface area contributed by atoms with Gasteiger partial charge in [-0.05, 0) is 24.3 Å². The van der Waals surface area contributed by atoms with Gasteiger partial charge in [0.1, 0.15) is 15.7 Å². The second-order valence-corrected chi connectivity index (χ2v) is 6.59. The Balaban J connectivity index is 1.47. The van der Waals surface area contributed by atoms with Gasteiger partial charge in [-0.15, -0.1) is 0 Å². The van der Waals surface area contributed by atoms with Crippen molar-refractivity contribution >= 4 is 23.4 Å². The van der Waals surface area contributed by atoms with E-state index in [4.69, 9.17) is 4.52 Å². The lowest BCUT2D eigenvalue weighted by molar-refractivity contribution is 0.0988. The number of nitrogens with zero attached hydrogens (tertiary/aromatic N) is 3. The van der Waals surface area contributed by atoms with Crippen molar-refractivity contribution < 1.29 is 9.32 Å². The van der Waals surface area contributed by atoms with Crippen molar-refractivity contribution in [1.29, 1.82) is 0 Å². The maximum Gasteiger partial charge on any atom is 0.294 e. The van der Waals surface area contributed by atoms with Gasteiger partial charge in [-0.2, -0.15) is 0 Å². The molecule has 7 heteroatoms. The minimum atomic E-state index is -0.371. The lowest BCUT2D eigenvalue weighted by Gasteiger charge is -2.04. The molecular weight excluding hydrogens is 360 g/mol. The SMILES string of the molecule is O=C(Nc1ccnc(Sc2ccccn2)c1)c1cc(-c2ccccc2)no1. The van der Waals surface area contributed by atoms with Crippen LogP contribution >= 0.6 is 11.8 Å². The summed E-state index contributed by atoms with van der Waals surface area (Å²) in [5.74, 6) is -0.228. The van der Waals surface area contributed by atoms with Gasteiger partial charge in [-0.1, -0.05) is 53.3 Å². The van der Waals surface area contributed by atoms with Gasteiger partial charge >= 0.3 is 0 Å². The number of aromatic nitrogens is 3. The summed E-state index contributed by atoms with van der Waals surface area (Å²) in [6.45, 7) is 0. The molecule has 1 amide bonds. The lowest BCUT2D eigenvalue weighted by atomic mass is 10.1. The maximum atomic E-state index is 12.4. The molecule has 27 heavy (non-hydrogen) atoms. The standard InChI is InChI=1S/C20H14N4O2S/c25-20(17-13-16(24-26-17)14-6-2-1-3-7-14)23-15-9-11-22-19(12-15)27-18-8-4-5-10-21-18/h1-13H,(H,22,23,25). The molecule has 0 spiro atoms. The molecule has 3 aromatic heterocycles. The van der Waals surface area contributed by atoms with E-state index >= 15 is 0 Å². The lowest BCUT2D eigenvalue weighted by Crippen LogP contribution is -2.11. The van der Waals surface area contributed by atoms with Crippen LogP contribution in [0.1, 0.15) is 10.6 Å². The molecule has 0 aliphatic rings. The van der Waals surface area contributed by atoms with Crippen molar-refractivity contribution in [3.63, 3.8) is 0 Å². The van der Waals surface area contributed by atoms with E-state index in [-0.39, 0.29) is 11.7 Å². The van der Waals surface area contributed by atoms with Crippen LogP contribution in [0.4, 0.5) is 5.69 Å². The molecular formula is C20H14N4O2S. The van der Waals surface area contributed by atoms with Crippen LogP contribution in [-0.2, 0) is 0 Å². The minimum Gasteiger partial charge on any atom is -0.350 e. The van der Waals surface area contributed by atoms with Gasteiger partial charge in [-0.25, -0.2) is 9.97 Å². The molecule has 0 bridgehead atoms. The smallest absolute Gasteiger partial charge is 0.294 e. The molecule has 1 N–H and O–H groups in total. The average Bonchev–Trinajstić information content (AvgIpc) is 3.20. The highest BCUT2D eigenvalue weighted by molar-refractivity contribution is 7.99. The highest BCUT2D eigenvalue weighted by atomic mass is 32.2. The fraction of sp³-hybridized carbons (Fsp3) is 0. The predicted molar refractivity (Wildman–Crippen MR) is 102 cm³/mol. The Morgan fingerprint density at radius 2 is 1.70 bits per heavy atom. The quantitative estimate of drug-likeness (QED) is 0.552. The molecule has 0 aliphatic carbocycles. The van der Waals surface area contributed by atoms with Crippen LogP contribution in [0.2, 0.25) is 0 Å². The summed E-state index contributed by atoms with van der Waals surface area (Å²) in [5.41, 5.74) is 2.12. The van der Waals surface area contributed by atoms with Crippen LogP contribution in [0.15, 0.2) is 93.7 Å². The molecule has 3 heterocycles. The number of rotatable bonds is 5. The molecule has 0 saturated carbocycles. The van der Waals surface area contributed by atoms with E-state index in [0.29, 0.717) is 11.4 Å². The third-order valence-corrected chi connectivity index (χ3v) is 4.53. The number of nitrogens with one attached hydrogen (secondary N) is 1. The number of amides is 1. The highest BCUT2D eigenvalue weighted by Crippen LogP contribution is 2.26. The molecule has 4 rings (SSSR count). The van der Waals surface area contributed by atoms with Gasteiger partial charge in [0.2, 0.25) is 5.76 Å². The van der Waals surface area contributed by atoms with Crippen molar-refractivity contribution in [3.8, 4) is 11.3 Å². The normalized spacial score (nSPS) is 10.5. The maximum absolute atomic E-state index is 12.4. The Bertz CT molecular complexity index is 1050. The van der Waals surface area contributed by atoms with Crippen molar-refractivity contribution in [3.05, 3.63) is 84.9 Å². The summed E-state index contributed by atoms with van der Waals surface area (Å²) in [5, 5.41) is 8.33. The number of pyridine rings is 2. The molecule has 0 unspecified atom stereocenters. The fourth-order valence-electron chi connectivity index (χ4n) is 2.38. The van der Waals surface area contributed by atoms with Crippen LogP contribution in [0.5, 0.6) is 0 Å². The Kier molecular flexibility index (Phi) is 4.93. The summed E-state index contributed by atoms with van der Waals surface area (Å²) < 4.78 is 5.19. The van der Waals surface area contributed by atoms with Crippen LogP contribution in [0, 0.1) is 0 Å². The van der Waals surface area contributed by atoms with E-state index in [1.807, 2.05) is 48.5 Å². The number of hydrogen-bond acceptors (Lipinski definition) is 6. The van der Waals surface area contributed by atoms with E-state index in [0.717, 1.165) is 15.6 Å². The minimum absolute atomic E-state index is 0.143. The second kappa shape index (κ2) is 7.84. The van der Waals surface area contributed by atoms with Gasteiger partial charge in [0.15, 0.2) is 0 Å². The van der Waals surface area contributed by atoms with Gasteiger partial charge in [0, 0.05) is 29.7 Å². The first-order valence-corrected chi connectivity index (χ1v) is 8.98. The molecule has 0 saturated heterocycles. The molecule has 0 atom stereocenters. The zero-order valence-corrected chi connectivity index (χ0v) is 14.9. The Morgan fingerprint density at radius 3 is 2.52 bits per heavy atom. The number of carbonyl (C=O) groups excluding carboxylic acids is 1. The van der Waals surface area contributed by atoms with Gasteiger partial charge < -0.3 is 9.84 Å². The third-order valence-electron chi connectivity index (χ3n) is 3.64. The number of benzene rings is 1. The van der Waals surface area contributed by atoms with Gasteiger partial charge in [0.25, 0.3) is 5.91 Å². The molecule has 0 aliphatic heterocycles. The van der Waals surface area contributed by atoms with Crippen LogP contribution in [-0.4, -0.2) is 21.0 Å². The predicted octanol–water partition coefficient (Wildman–Crippen LogP) is 4.54. The Morgan fingerprint density at radius 1 is 0.889 bits per heavy atom. The van der Waals surface area contributed by atoms with Crippen molar-refractivity contribution in [2.45, 2.75) is 10.1 Å². The summed E-state index contributed by atoms with van der Waals surface area (Å²) in [6.07, 6.45) is 3.36. The Hall–Kier alpha value is -3.45. The first kappa shape index (κ1) is 17.0. The molecule has 132 valence electrons. The van der Waals surface area contributed by atoms with Crippen LogP contribution in [0.25, 0.3) is 11.3 Å². The fourth-order valence-corrected chi connectivity index (χ4v) is 3.15. The van der Waals surface area contributed by atoms with Crippen molar-refractivity contribution in [2.75, 3.05) is 5.32 Å². The number of carbonyl (C=O) groups is 1. The molecule has 1 aromatic carbocycles.